The second-order valence-electron chi connectivity index (χ2n) is 2.61. The van der Waals surface area contributed by atoms with Crippen LogP contribution in [0.25, 0.3) is 0 Å². The molecule has 0 aromatic carbocycles. The number of nitrogens with zero attached hydrogens (tertiary/aromatic N) is 1. The number of carbonyl (C=O) groups is 1. The van der Waals surface area contributed by atoms with Crippen LogP contribution < -0.4 is 0 Å². The molecular formula is C5H12KNO7S. The molecule has 0 amide bonds. The van der Waals surface area contributed by atoms with Gasteiger partial charge in [-0.25, -0.2) is 0 Å². The Morgan fingerprint density at radius 1 is 1.33 bits per heavy atom. The van der Waals surface area contributed by atoms with E-state index in [2.05, 4.69) is 0 Å². The summed E-state index contributed by atoms with van der Waals surface area (Å²) in [5.74, 6) is -0.935. The van der Waals surface area contributed by atoms with Gasteiger partial charge < -0.3 is 10.3 Å². The zero-order valence-corrected chi connectivity index (χ0v) is 7.88. The average Bonchev–Trinajstić information content (AvgIpc) is 2.30. The molecule has 0 bridgehead atoms. The molecule has 1 saturated heterocycles. The van der Waals surface area contributed by atoms with E-state index in [1.807, 2.05) is 0 Å². The summed E-state index contributed by atoms with van der Waals surface area (Å²) in [6, 6.07) is -0.662. The van der Waals surface area contributed by atoms with Crippen LogP contribution in [0.4, 0.5) is 0 Å². The Morgan fingerprint density at radius 3 is 1.87 bits per heavy atom. The van der Waals surface area contributed by atoms with Crippen LogP contribution in [0.3, 0.4) is 0 Å². The number of hydrogen-bond acceptors (Lipinski definition) is 5. The topological polar surface area (TPSA) is 135 Å². The van der Waals surface area contributed by atoms with Crippen molar-refractivity contribution in [3.63, 3.8) is 0 Å². The third-order valence-corrected chi connectivity index (χ3v) is 1.51. The standard InChI is InChI=1S/C5H9NO3.K.H2O4S.H/c7-5(8)4-2-1-3-6(4)9;;1-5(2,3)4;/h4,9H,1-3H2,(H,7,8);;(H2,1,2,3,4);. The molecule has 1 atom stereocenters. The Labute approximate surface area is 129 Å². The van der Waals surface area contributed by atoms with Crippen molar-refractivity contribution in [3.8, 4) is 0 Å². The summed E-state index contributed by atoms with van der Waals surface area (Å²) >= 11 is 0. The number of aliphatic carboxylic acids is 1. The molecule has 4 N–H and O–H groups in total. The summed E-state index contributed by atoms with van der Waals surface area (Å²) in [7, 11) is -4.67. The zero-order chi connectivity index (χ0) is 11.4. The van der Waals surface area contributed by atoms with Gasteiger partial charge in [0.25, 0.3) is 0 Å². The Balaban J connectivity index is 0. The van der Waals surface area contributed by atoms with E-state index < -0.39 is 22.4 Å². The van der Waals surface area contributed by atoms with Gasteiger partial charge in [-0.2, -0.15) is 13.5 Å². The SMILES string of the molecule is O=C(O)C1CCCN1O.O=S(=O)(O)O.[KH]. The Bertz CT molecular complexity index is 284. The second kappa shape index (κ2) is 8.06. The third kappa shape index (κ3) is 11.2. The molecule has 86 valence electrons. The molecule has 1 unspecified atom stereocenters. The Hall–Kier alpha value is 0.896. The first kappa shape index (κ1) is 18.3. The zero-order valence-electron chi connectivity index (χ0n) is 7.07. The number of hydroxylamine groups is 2. The number of carboxylic acids is 1. The summed E-state index contributed by atoms with van der Waals surface area (Å²) in [5.41, 5.74) is 0. The summed E-state index contributed by atoms with van der Waals surface area (Å²) in [4.78, 5) is 10.2. The molecule has 10 heteroatoms. The molecule has 0 aliphatic carbocycles. The van der Waals surface area contributed by atoms with Crippen LogP contribution in [-0.2, 0) is 15.2 Å². The van der Waals surface area contributed by atoms with Gasteiger partial charge in [-0.05, 0) is 12.8 Å². The van der Waals surface area contributed by atoms with E-state index in [1.165, 1.54) is 0 Å². The van der Waals surface area contributed by atoms with Crippen molar-refractivity contribution >= 4 is 67.8 Å². The molecule has 0 aromatic rings. The van der Waals surface area contributed by atoms with Crippen molar-refractivity contribution in [1.82, 2.24) is 5.06 Å². The van der Waals surface area contributed by atoms with Gasteiger partial charge in [-0.15, -0.1) is 0 Å². The molecular weight excluding hydrogens is 257 g/mol. The van der Waals surface area contributed by atoms with Crippen LogP contribution in [-0.4, -0.2) is 103 Å². The van der Waals surface area contributed by atoms with Gasteiger partial charge in [0.1, 0.15) is 6.04 Å². The summed E-state index contributed by atoms with van der Waals surface area (Å²) in [5, 5.41) is 18.1. The van der Waals surface area contributed by atoms with Crippen molar-refractivity contribution in [1.29, 1.82) is 0 Å². The first-order valence-electron chi connectivity index (χ1n) is 3.60. The number of carboxylic acid groups (broad SMARTS) is 1. The van der Waals surface area contributed by atoms with E-state index in [4.69, 9.17) is 27.8 Å². The van der Waals surface area contributed by atoms with E-state index in [0.29, 0.717) is 13.0 Å². The van der Waals surface area contributed by atoms with Crippen LogP contribution in [0.2, 0.25) is 0 Å². The predicted octanol–water partition coefficient (Wildman–Crippen LogP) is -1.38. The first-order chi connectivity index (χ1) is 6.22. The van der Waals surface area contributed by atoms with Crippen LogP contribution >= 0.6 is 0 Å². The maximum atomic E-state index is 10.2. The fraction of sp³-hybridized carbons (Fsp3) is 0.800. The Kier molecular flexibility index (Phi) is 9.81. The molecule has 0 spiro atoms. The average molecular weight is 269 g/mol. The van der Waals surface area contributed by atoms with Crippen molar-refractivity contribution in [2.24, 2.45) is 0 Å². The van der Waals surface area contributed by atoms with Crippen molar-refractivity contribution in [3.05, 3.63) is 0 Å². The molecule has 1 aliphatic rings. The summed E-state index contributed by atoms with van der Waals surface area (Å²) in [6.07, 6.45) is 1.33. The molecule has 1 fully saturated rings. The number of hydrogen-bond donors (Lipinski definition) is 4. The van der Waals surface area contributed by atoms with Gasteiger partial charge >= 0.3 is 67.8 Å². The normalized spacial score (nSPS) is 21.1. The minimum atomic E-state index is -4.67. The number of rotatable bonds is 1. The Morgan fingerprint density at radius 2 is 1.73 bits per heavy atom. The van der Waals surface area contributed by atoms with Gasteiger partial charge in [-0.3, -0.25) is 13.9 Å². The quantitative estimate of drug-likeness (QED) is 0.338. The van der Waals surface area contributed by atoms with Crippen LogP contribution in [0.15, 0.2) is 0 Å². The second-order valence-corrected chi connectivity index (χ2v) is 3.50. The fourth-order valence-corrected chi connectivity index (χ4v) is 1.00. The van der Waals surface area contributed by atoms with Gasteiger partial charge in [0.2, 0.25) is 0 Å². The molecule has 1 rings (SSSR count). The van der Waals surface area contributed by atoms with Gasteiger partial charge in [0.15, 0.2) is 0 Å². The summed E-state index contributed by atoms with van der Waals surface area (Å²) in [6.45, 7) is 0.483. The van der Waals surface area contributed by atoms with Gasteiger partial charge in [-0.1, -0.05) is 0 Å². The molecule has 0 radical (unpaired) electrons. The predicted molar refractivity (Wildman–Crippen MR) is 50.5 cm³/mol. The van der Waals surface area contributed by atoms with Crippen molar-refractivity contribution in [2.75, 3.05) is 6.54 Å². The fourth-order valence-electron chi connectivity index (χ4n) is 1.00. The van der Waals surface area contributed by atoms with E-state index in [1.54, 1.807) is 0 Å². The third-order valence-electron chi connectivity index (χ3n) is 1.51. The maximum absolute atomic E-state index is 10.2. The monoisotopic (exact) mass is 269 g/mol. The molecule has 8 nitrogen and oxygen atoms in total. The van der Waals surface area contributed by atoms with Crippen LogP contribution in [0, 0.1) is 0 Å². The minimum absolute atomic E-state index is 0. The molecule has 15 heavy (non-hydrogen) atoms. The first-order valence-corrected chi connectivity index (χ1v) is 4.99. The van der Waals surface area contributed by atoms with Gasteiger partial charge in [0.05, 0.1) is 0 Å². The van der Waals surface area contributed by atoms with E-state index >= 15 is 0 Å². The van der Waals surface area contributed by atoms with Crippen LogP contribution in [0.5, 0.6) is 0 Å². The van der Waals surface area contributed by atoms with Crippen molar-refractivity contribution in [2.45, 2.75) is 18.9 Å². The molecule has 1 heterocycles. The molecule has 1 aliphatic heterocycles. The van der Waals surface area contributed by atoms with Gasteiger partial charge in [0, 0.05) is 6.54 Å². The molecule has 0 saturated carbocycles. The molecule has 0 aromatic heterocycles. The van der Waals surface area contributed by atoms with E-state index in [0.717, 1.165) is 11.5 Å². The van der Waals surface area contributed by atoms with Crippen molar-refractivity contribution < 1.29 is 32.6 Å². The van der Waals surface area contributed by atoms with E-state index in [-0.39, 0.29) is 51.4 Å². The van der Waals surface area contributed by atoms with E-state index in [9.17, 15) is 4.79 Å². The van der Waals surface area contributed by atoms with Crippen LogP contribution in [0.1, 0.15) is 12.8 Å². The summed E-state index contributed by atoms with van der Waals surface area (Å²) < 4.78 is 31.6.